The molecular weight excluding hydrogens is 196 g/mol. The fourth-order valence-electron chi connectivity index (χ4n) is 1.86. The summed E-state index contributed by atoms with van der Waals surface area (Å²) < 4.78 is 10.4. The summed E-state index contributed by atoms with van der Waals surface area (Å²) in [4.78, 5) is 4.17. The molecule has 0 spiro atoms. The Morgan fingerprint density at radius 1 is 1.60 bits per heavy atom. The summed E-state index contributed by atoms with van der Waals surface area (Å²) in [7, 11) is 0. The highest BCUT2D eigenvalue weighted by atomic mass is 16.5. The minimum absolute atomic E-state index is 0.101. The van der Waals surface area contributed by atoms with Gasteiger partial charge in [-0.3, -0.25) is 0 Å². The molecule has 2 atom stereocenters. The third-order valence-electron chi connectivity index (χ3n) is 2.61. The van der Waals surface area contributed by atoms with Crippen LogP contribution >= 0.6 is 0 Å². The highest BCUT2D eigenvalue weighted by molar-refractivity contribution is 4.96. The van der Waals surface area contributed by atoms with E-state index in [9.17, 15) is 5.11 Å². The third-order valence-corrected chi connectivity index (χ3v) is 2.61. The first kappa shape index (κ1) is 10.6. The second-order valence-electron chi connectivity index (χ2n) is 4.18. The van der Waals surface area contributed by atoms with Crippen LogP contribution in [-0.4, -0.2) is 33.6 Å². The fraction of sp³-hybridized carbons (Fsp3) is 0.800. The number of hydrogen-bond acceptors (Lipinski definition) is 5. The molecule has 2 heterocycles. The average Bonchev–Trinajstić information content (AvgIpc) is 2.74. The van der Waals surface area contributed by atoms with Crippen LogP contribution in [0.2, 0.25) is 0 Å². The largest absolute Gasteiger partial charge is 0.387 e. The maximum Gasteiger partial charge on any atom is 0.229 e. The van der Waals surface area contributed by atoms with Gasteiger partial charge in [0, 0.05) is 12.8 Å². The molecule has 5 heteroatoms. The second kappa shape index (κ2) is 3.90. The molecule has 0 saturated carbocycles. The maximum absolute atomic E-state index is 10.1. The molecule has 1 fully saturated rings. The Labute approximate surface area is 88.4 Å². The number of aromatic nitrogens is 2. The van der Waals surface area contributed by atoms with Crippen molar-refractivity contribution < 1.29 is 14.4 Å². The summed E-state index contributed by atoms with van der Waals surface area (Å²) in [6, 6.07) is 0. The van der Waals surface area contributed by atoms with Crippen molar-refractivity contribution in [3.8, 4) is 0 Å². The second-order valence-corrected chi connectivity index (χ2v) is 4.18. The van der Waals surface area contributed by atoms with Gasteiger partial charge < -0.3 is 14.4 Å². The number of aliphatic hydroxyl groups is 1. The van der Waals surface area contributed by atoms with Gasteiger partial charge in [0.25, 0.3) is 0 Å². The van der Waals surface area contributed by atoms with Gasteiger partial charge in [-0.25, -0.2) is 0 Å². The molecule has 0 amide bonds. The maximum atomic E-state index is 10.1. The van der Waals surface area contributed by atoms with E-state index in [0.29, 0.717) is 31.2 Å². The van der Waals surface area contributed by atoms with Crippen molar-refractivity contribution in [1.82, 2.24) is 10.1 Å². The highest BCUT2D eigenvalue weighted by Gasteiger charge is 2.38. The van der Waals surface area contributed by atoms with Crippen LogP contribution in [0.1, 0.15) is 32.0 Å². The van der Waals surface area contributed by atoms with Crippen molar-refractivity contribution in [2.24, 2.45) is 0 Å². The normalized spacial score (nSPS) is 31.0. The minimum Gasteiger partial charge on any atom is -0.387 e. The van der Waals surface area contributed by atoms with E-state index >= 15 is 0 Å². The Hall–Kier alpha value is -0.940. The van der Waals surface area contributed by atoms with E-state index in [0.717, 1.165) is 6.42 Å². The van der Waals surface area contributed by atoms with Gasteiger partial charge >= 0.3 is 0 Å². The number of hydrogen-bond donors (Lipinski definition) is 1. The van der Waals surface area contributed by atoms with Crippen LogP contribution in [0.5, 0.6) is 0 Å². The van der Waals surface area contributed by atoms with Crippen LogP contribution in [0.15, 0.2) is 4.52 Å². The van der Waals surface area contributed by atoms with Gasteiger partial charge in [0.2, 0.25) is 5.89 Å². The molecule has 0 unspecified atom stereocenters. The zero-order chi connectivity index (χ0) is 10.9. The van der Waals surface area contributed by atoms with E-state index in [1.54, 1.807) is 0 Å². The predicted molar refractivity (Wildman–Crippen MR) is 52.4 cm³/mol. The van der Waals surface area contributed by atoms with Gasteiger partial charge in [0.1, 0.15) is 0 Å². The topological polar surface area (TPSA) is 68.4 Å². The van der Waals surface area contributed by atoms with Crippen molar-refractivity contribution in [1.29, 1.82) is 0 Å². The number of ether oxygens (including phenoxy) is 1. The molecule has 0 radical (unpaired) electrons. The molecule has 1 saturated heterocycles. The summed E-state index contributed by atoms with van der Waals surface area (Å²) in [5.41, 5.74) is -0.836. The number of nitrogens with zero attached hydrogens (tertiary/aromatic N) is 2. The summed E-state index contributed by atoms with van der Waals surface area (Å²) in [6.45, 7) is 4.26. The molecule has 0 aromatic carbocycles. The summed E-state index contributed by atoms with van der Waals surface area (Å²) in [6.07, 6.45) is 1.85. The Morgan fingerprint density at radius 2 is 2.40 bits per heavy atom. The Bertz CT molecular complexity index is 339. The first-order valence-electron chi connectivity index (χ1n) is 5.27. The van der Waals surface area contributed by atoms with Gasteiger partial charge in [-0.1, -0.05) is 12.1 Å². The number of aryl methyl sites for hydroxylation is 1. The van der Waals surface area contributed by atoms with Crippen molar-refractivity contribution in [2.45, 2.75) is 44.8 Å². The number of rotatable bonds is 3. The van der Waals surface area contributed by atoms with Crippen LogP contribution in [0.4, 0.5) is 0 Å². The standard InChI is InChI=1S/C10H16N2O3/c1-3-8-11-9(15-12-8)5-10(13)4-7(2)14-6-10/h7,13H,3-6H2,1-2H3/t7-,10+/m1/s1. The molecule has 15 heavy (non-hydrogen) atoms. The lowest BCUT2D eigenvalue weighted by Crippen LogP contribution is -2.32. The molecule has 1 aromatic rings. The molecule has 1 aliphatic heterocycles. The van der Waals surface area contributed by atoms with E-state index in [-0.39, 0.29) is 6.10 Å². The summed E-state index contributed by atoms with van der Waals surface area (Å²) >= 11 is 0. The van der Waals surface area contributed by atoms with Gasteiger partial charge in [0.05, 0.1) is 24.7 Å². The molecule has 0 bridgehead atoms. The molecule has 0 aliphatic carbocycles. The average molecular weight is 212 g/mol. The van der Waals surface area contributed by atoms with Crippen LogP contribution in [-0.2, 0) is 17.6 Å². The van der Waals surface area contributed by atoms with Crippen LogP contribution < -0.4 is 0 Å². The lowest BCUT2D eigenvalue weighted by atomic mass is 9.97. The molecule has 1 N–H and O–H groups in total. The fourth-order valence-corrected chi connectivity index (χ4v) is 1.86. The molecule has 5 nitrogen and oxygen atoms in total. The minimum atomic E-state index is -0.836. The van der Waals surface area contributed by atoms with Crippen molar-refractivity contribution in [2.75, 3.05) is 6.61 Å². The first-order valence-corrected chi connectivity index (χ1v) is 5.27. The molecular formula is C10H16N2O3. The van der Waals surface area contributed by atoms with E-state index in [4.69, 9.17) is 9.26 Å². The van der Waals surface area contributed by atoms with E-state index in [1.165, 1.54) is 0 Å². The Balaban J connectivity index is 2.02. The van der Waals surface area contributed by atoms with Gasteiger partial charge in [-0.05, 0) is 6.92 Å². The van der Waals surface area contributed by atoms with E-state index in [1.807, 2.05) is 13.8 Å². The summed E-state index contributed by atoms with van der Waals surface area (Å²) in [5, 5.41) is 13.9. The van der Waals surface area contributed by atoms with Gasteiger partial charge in [-0.2, -0.15) is 4.98 Å². The molecule has 1 aromatic heterocycles. The van der Waals surface area contributed by atoms with Crippen LogP contribution in [0, 0.1) is 0 Å². The van der Waals surface area contributed by atoms with E-state index in [2.05, 4.69) is 10.1 Å². The van der Waals surface area contributed by atoms with E-state index < -0.39 is 5.60 Å². The first-order chi connectivity index (χ1) is 7.11. The SMILES string of the molecule is CCc1noc(C[C@]2(O)CO[C@H](C)C2)n1. The van der Waals surface area contributed by atoms with Gasteiger partial charge in [0.15, 0.2) is 5.82 Å². The quantitative estimate of drug-likeness (QED) is 0.799. The third kappa shape index (κ3) is 2.35. The lowest BCUT2D eigenvalue weighted by Gasteiger charge is -2.17. The smallest absolute Gasteiger partial charge is 0.229 e. The Morgan fingerprint density at radius 3 is 2.93 bits per heavy atom. The van der Waals surface area contributed by atoms with Crippen LogP contribution in [0.25, 0.3) is 0 Å². The van der Waals surface area contributed by atoms with Crippen molar-refractivity contribution in [3.63, 3.8) is 0 Å². The zero-order valence-corrected chi connectivity index (χ0v) is 9.06. The Kier molecular flexibility index (Phi) is 2.75. The molecule has 84 valence electrons. The lowest BCUT2D eigenvalue weighted by molar-refractivity contribution is 0.0173. The zero-order valence-electron chi connectivity index (χ0n) is 9.06. The summed E-state index contributed by atoms with van der Waals surface area (Å²) in [5.74, 6) is 1.17. The van der Waals surface area contributed by atoms with Crippen molar-refractivity contribution >= 4 is 0 Å². The molecule has 1 aliphatic rings. The predicted octanol–water partition coefficient (Wildman–Crippen LogP) is 0.714. The van der Waals surface area contributed by atoms with Crippen LogP contribution in [0.3, 0.4) is 0 Å². The van der Waals surface area contributed by atoms with Gasteiger partial charge in [-0.15, -0.1) is 0 Å². The molecule has 2 rings (SSSR count). The highest BCUT2D eigenvalue weighted by Crippen LogP contribution is 2.26. The monoisotopic (exact) mass is 212 g/mol. The van der Waals surface area contributed by atoms with Crippen molar-refractivity contribution in [3.05, 3.63) is 11.7 Å².